The van der Waals surface area contributed by atoms with E-state index in [1.165, 1.54) is 0 Å². The molecule has 3 heterocycles. The number of oxazole rings is 1. The Hall–Kier alpha value is -3.09. The molecule has 0 atom stereocenters. The topological polar surface area (TPSA) is 82.4 Å². The molecule has 7 heteroatoms. The van der Waals surface area contributed by atoms with Crippen molar-refractivity contribution in [1.82, 2.24) is 19.8 Å². The normalized spacial score (nSPS) is 14.7. The van der Waals surface area contributed by atoms with E-state index in [1.807, 2.05) is 53.4 Å². The zero-order valence-corrected chi connectivity index (χ0v) is 15.3. The molecule has 2 amide bonds. The molecule has 1 aromatic carbocycles. The molecule has 0 radical (unpaired) electrons. The van der Waals surface area contributed by atoms with Crippen molar-refractivity contribution < 1.29 is 14.0 Å². The average molecular weight is 366 g/mol. The highest BCUT2D eigenvalue weighted by atomic mass is 16.3. The van der Waals surface area contributed by atoms with Gasteiger partial charge in [-0.15, -0.1) is 0 Å². The summed E-state index contributed by atoms with van der Waals surface area (Å²) in [5.41, 5.74) is 3.42. The number of nitrogens with one attached hydrogen (secondary N) is 1. The first-order valence-corrected chi connectivity index (χ1v) is 9.12. The third kappa shape index (κ3) is 3.86. The van der Waals surface area contributed by atoms with Gasteiger partial charge in [-0.05, 0) is 29.3 Å². The van der Waals surface area contributed by atoms with Crippen LogP contribution in [0.4, 0.5) is 0 Å². The molecule has 0 saturated carbocycles. The van der Waals surface area contributed by atoms with Crippen molar-refractivity contribution in [2.45, 2.75) is 19.8 Å². The van der Waals surface area contributed by atoms with Crippen LogP contribution in [0.5, 0.6) is 0 Å². The molecule has 1 N–H and O–H groups in total. The minimum atomic E-state index is 0.0762. The molecular formula is C20H22N4O3. The van der Waals surface area contributed by atoms with Gasteiger partial charge in [-0.1, -0.05) is 6.07 Å². The average Bonchev–Trinajstić information content (AvgIpc) is 3.30. The van der Waals surface area contributed by atoms with Crippen LogP contribution in [-0.4, -0.2) is 57.8 Å². The second-order valence-corrected chi connectivity index (χ2v) is 6.87. The van der Waals surface area contributed by atoms with Gasteiger partial charge in [0.25, 0.3) is 0 Å². The van der Waals surface area contributed by atoms with Crippen molar-refractivity contribution in [1.29, 1.82) is 0 Å². The Kier molecular flexibility index (Phi) is 4.66. The summed E-state index contributed by atoms with van der Waals surface area (Å²) in [7, 11) is 0. The molecular weight excluding hydrogens is 344 g/mol. The van der Waals surface area contributed by atoms with Crippen molar-refractivity contribution in [3.8, 4) is 0 Å². The van der Waals surface area contributed by atoms with Gasteiger partial charge in [0.1, 0.15) is 5.52 Å². The molecule has 140 valence electrons. The molecule has 0 aliphatic carbocycles. The van der Waals surface area contributed by atoms with E-state index in [0.29, 0.717) is 44.9 Å². The first-order valence-electron chi connectivity index (χ1n) is 9.12. The van der Waals surface area contributed by atoms with E-state index in [2.05, 4.69) is 9.97 Å². The zero-order chi connectivity index (χ0) is 18.8. The Balaban J connectivity index is 1.31. The number of amides is 2. The second-order valence-electron chi connectivity index (χ2n) is 6.87. The minimum absolute atomic E-state index is 0.0762. The van der Waals surface area contributed by atoms with Gasteiger partial charge in [0.15, 0.2) is 11.5 Å². The largest absolute Gasteiger partial charge is 0.441 e. The van der Waals surface area contributed by atoms with E-state index in [0.717, 1.165) is 22.2 Å². The van der Waals surface area contributed by atoms with Crippen molar-refractivity contribution >= 4 is 22.9 Å². The summed E-state index contributed by atoms with van der Waals surface area (Å²) in [6.07, 6.45) is 4.38. The molecule has 4 rings (SSSR count). The lowest BCUT2D eigenvalue weighted by molar-refractivity contribution is -0.138. The lowest BCUT2D eigenvalue weighted by Crippen LogP contribution is -2.51. The minimum Gasteiger partial charge on any atom is -0.441 e. The van der Waals surface area contributed by atoms with Gasteiger partial charge in [-0.2, -0.15) is 0 Å². The number of hydrogen-bond donors (Lipinski definition) is 1. The number of carbonyl (C=O) groups excluding carboxylic acids is 2. The predicted molar refractivity (Wildman–Crippen MR) is 100 cm³/mol. The molecule has 7 nitrogen and oxygen atoms in total. The van der Waals surface area contributed by atoms with Gasteiger partial charge >= 0.3 is 0 Å². The number of aromatic amines is 1. The van der Waals surface area contributed by atoms with E-state index >= 15 is 0 Å². The number of fused-ring (bicyclic) bond motifs is 1. The maximum atomic E-state index is 12.6. The van der Waals surface area contributed by atoms with Crippen LogP contribution in [0.15, 0.2) is 41.1 Å². The highest BCUT2D eigenvalue weighted by molar-refractivity contribution is 5.82. The molecule has 0 unspecified atom stereocenters. The smallest absolute Gasteiger partial charge is 0.227 e. The molecule has 1 saturated heterocycles. The summed E-state index contributed by atoms with van der Waals surface area (Å²) in [6, 6.07) is 7.57. The quantitative estimate of drug-likeness (QED) is 0.765. The summed E-state index contributed by atoms with van der Waals surface area (Å²) >= 11 is 0. The highest BCUT2D eigenvalue weighted by Crippen LogP contribution is 2.18. The van der Waals surface area contributed by atoms with Crippen LogP contribution in [0.2, 0.25) is 0 Å². The van der Waals surface area contributed by atoms with E-state index in [-0.39, 0.29) is 11.8 Å². The summed E-state index contributed by atoms with van der Waals surface area (Å²) in [6.45, 7) is 4.11. The lowest BCUT2D eigenvalue weighted by Gasteiger charge is -2.35. The molecule has 27 heavy (non-hydrogen) atoms. The number of piperazine rings is 1. The fraction of sp³-hybridized carbons (Fsp3) is 0.350. The van der Waals surface area contributed by atoms with Crippen molar-refractivity contribution in [3.05, 3.63) is 53.7 Å². The Morgan fingerprint density at radius 3 is 2.33 bits per heavy atom. The number of rotatable bonds is 4. The van der Waals surface area contributed by atoms with Crippen LogP contribution in [-0.2, 0) is 22.4 Å². The third-order valence-electron chi connectivity index (χ3n) is 4.92. The summed E-state index contributed by atoms with van der Waals surface area (Å²) in [4.78, 5) is 35.9. The monoisotopic (exact) mass is 366 g/mol. The van der Waals surface area contributed by atoms with Crippen LogP contribution in [0.3, 0.4) is 0 Å². The molecule has 2 aromatic heterocycles. The Labute approximate surface area is 157 Å². The fourth-order valence-corrected chi connectivity index (χ4v) is 3.44. The molecule has 1 aliphatic heterocycles. The molecule has 1 fully saturated rings. The number of benzene rings is 1. The first-order chi connectivity index (χ1) is 13.1. The summed E-state index contributed by atoms with van der Waals surface area (Å²) in [5.74, 6) is 0.801. The Morgan fingerprint density at radius 1 is 1.04 bits per heavy atom. The van der Waals surface area contributed by atoms with Crippen LogP contribution in [0.25, 0.3) is 11.1 Å². The van der Waals surface area contributed by atoms with E-state index in [4.69, 9.17) is 4.42 Å². The highest BCUT2D eigenvalue weighted by Gasteiger charge is 2.24. The standard InChI is InChI=1S/C20H22N4O3/c1-14-22-17-10-15(2-3-18(17)27-14)11-19(25)23-6-8-24(9-7-23)20(26)12-16-4-5-21-13-16/h2-5,10,13,21H,6-9,11-12H2,1H3. The maximum absolute atomic E-state index is 12.6. The van der Waals surface area contributed by atoms with Gasteiger partial charge in [-0.3, -0.25) is 9.59 Å². The van der Waals surface area contributed by atoms with Crippen molar-refractivity contribution in [3.63, 3.8) is 0 Å². The van der Waals surface area contributed by atoms with E-state index in [9.17, 15) is 9.59 Å². The fourth-order valence-electron chi connectivity index (χ4n) is 3.44. The number of H-pyrrole nitrogens is 1. The molecule has 0 spiro atoms. The van der Waals surface area contributed by atoms with Crippen molar-refractivity contribution in [2.75, 3.05) is 26.2 Å². The summed E-state index contributed by atoms with van der Waals surface area (Å²) in [5, 5.41) is 0. The van der Waals surface area contributed by atoms with Gasteiger partial charge in [0.2, 0.25) is 11.8 Å². The number of carbonyl (C=O) groups is 2. The number of aryl methyl sites for hydroxylation is 1. The Bertz CT molecular complexity index is 953. The second kappa shape index (κ2) is 7.26. The van der Waals surface area contributed by atoms with Gasteiger partial charge in [0.05, 0.1) is 12.8 Å². The van der Waals surface area contributed by atoms with Gasteiger partial charge in [0, 0.05) is 45.5 Å². The third-order valence-corrected chi connectivity index (χ3v) is 4.92. The van der Waals surface area contributed by atoms with Gasteiger partial charge < -0.3 is 19.2 Å². The van der Waals surface area contributed by atoms with Crippen LogP contribution >= 0.6 is 0 Å². The molecule has 3 aromatic rings. The first kappa shape index (κ1) is 17.3. The van der Waals surface area contributed by atoms with E-state index < -0.39 is 0 Å². The SMILES string of the molecule is Cc1nc2cc(CC(=O)N3CCN(C(=O)Cc4cc[nH]c4)CC3)ccc2o1. The number of nitrogens with zero attached hydrogens (tertiary/aromatic N) is 3. The molecule has 0 bridgehead atoms. The Morgan fingerprint density at radius 2 is 1.70 bits per heavy atom. The van der Waals surface area contributed by atoms with E-state index in [1.54, 1.807) is 0 Å². The zero-order valence-electron chi connectivity index (χ0n) is 15.3. The lowest BCUT2D eigenvalue weighted by atomic mass is 10.1. The number of aromatic nitrogens is 2. The summed E-state index contributed by atoms with van der Waals surface area (Å²) < 4.78 is 5.47. The maximum Gasteiger partial charge on any atom is 0.227 e. The van der Waals surface area contributed by atoms with Gasteiger partial charge in [-0.25, -0.2) is 4.98 Å². The molecule has 1 aliphatic rings. The van der Waals surface area contributed by atoms with Crippen LogP contribution < -0.4 is 0 Å². The predicted octanol–water partition coefficient (Wildman–Crippen LogP) is 1.92. The van der Waals surface area contributed by atoms with Crippen molar-refractivity contribution in [2.24, 2.45) is 0 Å². The van der Waals surface area contributed by atoms with Crippen LogP contribution in [0, 0.1) is 6.92 Å². The number of hydrogen-bond acceptors (Lipinski definition) is 4. The van der Waals surface area contributed by atoms with Crippen LogP contribution in [0.1, 0.15) is 17.0 Å².